The van der Waals surface area contributed by atoms with Gasteiger partial charge in [-0.2, -0.15) is 0 Å². The van der Waals surface area contributed by atoms with Crippen molar-refractivity contribution in [3.05, 3.63) is 64.7 Å². The molecule has 0 spiro atoms. The molecule has 0 saturated heterocycles. The maximum absolute atomic E-state index is 12.1. The molecule has 2 rings (SSSR count). The average molecular weight is 292 g/mol. The number of carbonyl (C=O) groups excluding carboxylic acids is 1. The van der Waals surface area contributed by atoms with Crippen LogP contribution in [0.15, 0.2) is 48.5 Å². The number of phenolic OH excluding ortho intramolecular Hbond substituents is 1. The Morgan fingerprint density at radius 3 is 2.55 bits per heavy atom. The third kappa shape index (κ3) is 3.29. The van der Waals surface area contributed by atoms with Crippen LogP contribution in [0.1, 0.15) is 22.0 Å². The van der Waals surface area contributed by atoms with Crippen LogP contribution in [-0.4, -0.2) is 22.7 Å². The van der Waals surface area contributed by atoms with E-state index in [0.717, 1.165) is 5.56 Å². The van der Waals surface area contributed by atoms with Gasteiger partial charge < -0.3 is 15.5 Å². The van der Waals surface area contributed by atoms with Crippen LogP contribution in [0.25, 0.3) is 0 Å². The Hall–Kier alpha value is -2.04. The standard InChI is InChI=1S/C15H14ClNO3/c16-13-7-6-11(19)8-12(13)15(20)17-14(9-18)10-4-2-1-3-5-10/h1-8,14,18-19H,9H2,(H,17,20)/t14-/m0/s1. The molecule has 1 amide bonds. The molecular weight excluding hydrogens is 278 g/mol. The first-order valence-electron chi connectivity index (χ1n) is 6.07. The zero-order valence-electron chi connectivity index (χ0n) is 10.6. The predicted octanol–water partition coefficient (Wildman–Crippen LogP) is 2.51. The molecule has 2 aromatic carbocycles. The largest absolute Gasteiger partial charge is 0.508 e. The molecule has 1 atom stereocenters. The second kappa shape index (κ2) is 6.41. The first-order chi connectivity index (χ1) is 9.61. The van der Waals surface area contributed by atoms with Crippen molar-refractivity contribution in [2.75, 3.05) is 6.61 Å². The van der Waals surface area contributed by atoms with Crippen LogP contribution in [0, 0.1) is 0 Å². The van der Waals surface area contributed by atoms with Gasteiger partial charge in [0.2, 0.25) is 0 Å². The Morgan fingerprint density at radius 1 is 1.20 bits per heavy atom. The van der Waals surface area contributed by atoms with Crippen molar-refractivity contribution in [1.29, 1.82) is 0 Å². The van der Waals surface area contributed by atoms with Gasteiger partial charge in [0.1, 0.15) is 5.75 Å². The number of phenols is 1. The number of carbonyl (C=O) groups is 1. The Bertz CT molecular complexity index is 601. The number of halogens is 1. The molecule has 20 heavy (non-hydrogen) atoms. The van der Waals surface area contributed by atoms with Crippen molar-refractivity contribution < 1.29 is 15.0 Å². The first-order valence-corrected chi connectivity index (χ1v) is 6.45. The summed E-state index contributed by atoms with van der Waals surface area (Å²) in [5.74, 6) is -0.492. The molecule has 0 aliphatic rings. The van der Waals surface area contributed by atoms with Gasteiger partial charge in [0.25, 0.3) is 5.91 Å². The van der Waals surface area contributed by atoms with Crippen molar-refractivity contribution in [2.24, 2.45) is 0 Å². The minimum absolute atomic E-state index is 0.0418. The summed E-state index contributed by atoms with van der Waals surface area (Å²) in [7, 11) is 0. The second-order valence-corrected chi connectivity index (χ2v) is 4.69. The highest BCUT2D eigenvalue weighted by Crippen LogP contribution is 2.22. The summed E-state index contributed by atoms with van der Waals surface area (Å²) >= 11 is 5.93. The fourth-order valence-electron chi connectivity index (χ4n) is 1.84. The molecule has 0 saturated carbocycles. The van der Waals surface area contributed by atoms with E-state index in [4.69, 9.17) is 11.6 Å². The Labute approximate surface area is 121 Å². The lowest BCUT2D eigenvalue weighted by atomic mass is 10.1. The highest BCUT2D eigenvalue weighted by atomic mass is 35.5. The number of aliphatic hydroxyl groups is 1. The average Bonchev–Trinajstić information content (AvgIpc) is 2.48. The van der Waals surface area contributed by atoms with Crippen LogP contribution in [0.4, 0.5) is 0 Å². The fraction of sp³-hybridized carbons (Fsp3) is 0.133. The molecule has 5 heteroatoms. The lowest BCUT2D eigenvalue weighted by Gasteiger charge is -2.17. The van der Waals surface area contributed by atoms with Gasteiger partial charge in [0.15, 0.2) is 0 Å². The number of aromatic hydroxyl groups is 1. The fourth-order valence-corrected chi connectivity index (χ4v) is 2.05. The van der Waals surface area contributed by atoms with E-state index in [2.05, 4.69) is 5.32 Å². The Balaban J connectivity index is 2.20. The van der Waals surface area contributed by atoms with Gasteiger partial charge >= 0.3 is 0 Å². The van der Waals surface area contributed by atoms with Gasteiger partial charge in [-0.1, -0.05) is 41.9 Å². The van der Waals surface area contributed by atoms with E-state index in [1.807, 2.05) is 30.3 Å². The molecule has 104 valence electrons. The van der Waals surface area contributed by atoms with E-state index in [1.54, 1.807) is 0 Å². The Morgan fingerprint density at radius 2 is 1.90 bits per heavy atom. The van der Waals surface area contributed by atoms with Gasteiger partial charge in [0.05, 0.1) is 23.2 Å². The summed E-state index contributed by atoms with van der Waals surface area (Å²) in [6.45, 7) is -0.230. The smallest absolute Gasteiger partial charge is 0.253 e. The van der Waals surface area contributed by atoms with Crippen LogP contribution >= 0.6 is 11.6 Å². The van der Waals surface area contributed by atoms with Crippen molar-refractivity contribution >= 4 is 17.5 Å². The minimum Gasteiger partial charge on any atom is -0.508 e. The van der Waals surface area contributed by atoms with Gasteiger partial charge in [0, 0.05) is 0 Å². The molecular formula is C15H14ClNO3. The van der Waals surface area contributed by atoms with E-state index in [9.17, 15) is 15.0 Å². The summed E-state index contributed by atoms with van der Waals surface area (Å²) in [5.41, 5.74) is 0.959. The number of nitrogens with one attached hydrogen (secondary N) is 1. The zero-order chi connectivity index (χ0) is 14.5. The lowest BCUT2D eigenvalue weighted by molar-refractivity contribution is 0.0916. The second-order valence-electron chi connectivity index (χ2n) is 4.28. The zero-order valence-corrected chi connectivity index (χ0v) is 11.3. The molecule has 0 fully saturated rings. The van der Waals surface area contributed by atoms with Crippen LogP contribution in [0.5, 0.6) is 5.75 Å². The van der Waals surface area contributed by atoms with Gasteiger partial charge in [-0.25, -0.2) is 0 Å². The minimum atomic E-state index is -0.526. The molecule has 0 heterocycles. The summed E-state index contributed by atoms with van der Waals surface area (Å²) in [6.07, 6.45) is 0. The topological polar surface area (TPSA) is 69.6 Å². The van der Waals surface area contributed by atoms with Crippen molar-refractivity contribution in [1.82, 2.24) is 5.32 Å². The highest BCUT2D eigenvalue weighted by molar-refractivity contribution is 6.33. The van der Waals surface area contributed by atoms with E-state index in [1.165, 1.54) is 18.2 Å². The van der Waals surface area contributed by atoms with Gasteiger partial charge in [-0.15, -0.1) is 0 Å². The summed E-state index contributed by atoms with van der Waals surface area (Å²) < 4.78 is 0. The summed E-state index contributed by atoms with van der Waals surface area (Å²) in [4.78, 5) is 12.1. The SMILES string of the molecule is O=C(N[C@@H](CO)c1ccccc1)c1cc(O)ccc1Cl. The monoisotopic (exact) mass is 291 g/mol. The predicted molar refractivity (Wildman–Crippen MR) is 76.9 cm³/mol. The number of rotatable bonds is 4. The third-order valence-corrected chi connectivity index (χ3v) is 3.21. The van der Waals surface area contributed by atoms with Gasteiger partial charge in [-0.3, -0.25) is 4.79 Å². The number of hydrogen-bond acceptors (Lipinski definition) is 3. The number of hydrogen-bond donors (Lipinski definition) is 3. The van der Waals surface area contributed by atoms with E-state index >= 15 is 0 Å². The Kier molecular flexibility index (Phi) is 4.61. The maximum Gasteiger partial charge on any atom is 0.253 e. The van der Waals surface area contributed by atoms with Crippen LogP contribution < -0.4 is 5.32 Å². The van der Waals surface area contributed by atoms with Gasteiger partial charge in [-0.05, 0) is 23.8 Å². The molecule has 0 bridgehead atoms. The van der Waals surface area contributed by atoms with Crippen LogP contribution in [0.3, 0.4) is 0 Å². The molecule has 0 aliphatic carbocycles. The van der Waals surface area contributed by atoms with Crippen LogP contribution in [-0.2, 0) is 0 Å². The number of aliphatic hydroxyl groups excluding tert-OH is 1. The van der Waals surface area contributed by atoms with Crippen molar-refractivity contribution in [3.63, 3.8) is 0 Å². The molecule has 0 radical (unpaired) electrons. The van der Waals surface area contributed by atoms with E-state index < -0.39 is 11.9 Å². The van der Waals surface area contributed by atoms with Crippen LogP contribution in [0.2, 0.25) is 5.02 Å². The molecule has 4 nitrogen and oxygen atoms in total. The quantitative estimate of drug-likeness (QED) is 0.811. The number of benzene rings is 2. The van der Waals surface area contributed by atoms with Crippen molar-refractivity contribution in [2.45, 2.75) is 6.04 Å². The summed E-state index contributed by atoms with van der Waals surface area (Å²) in [6, 6.07) is 12.7. The normalized spacial score (nSPS) is 11.9. The molecule has 3 N–H and O–H groups in total. The molecule has 0 aliphatic heterocycles. The molecule has 0 unspecified atom stereocenters. The molecule has 0 aromatic heterocycles. The molecule has 2 aromatic rings. The van der Waals surface area contributed by atoms with E-state index in [0.29, 0.717) is 0 Å². The van der Waals surface area contributed by atoms with E-state index in [-0.39, 0.29) is 22.9 Å². The maximum atomic E-state index is 12.1. The number of amides is 1. The lowest BCUT2D eigenvalue weighted by Crippen LogP contribution is -2.30. The first kappa shape index (κ1) is 14.4. The third-order valence-electron chi connectivity index (χ3n) is 2.88. The highest BCUT2D eigenvalue weighted by Gasteiger charge is 2.17. The summed E-state index contributed by atoms with van der Waals surface area (Å²) in [5, 5.41) is 21.7. The van der Waals surface area contributed by atoms with Crippen molar-refractivity contribution in [3.8, 4) is 5.75 Å².